The first-order valence-electron chi connectivity index (χ1n) is 7.58. The highest BCUT2D eigenvalue weighted by Crippen LogP contribution is 2.28. The number of hydrogen-bond donors (Lipinski definition) is 2. The van der Waals surface area contributed by atoms with Crippen LogP contribution in [0.2, 0.25) is 0 Å². The predicted molar refractivity (Wildman–Crippen MR) is 84.9 cm³/mol. The molecule has 0 fully saturated rings. The average Bonchev–Trinajstić information content (AvgIpc) is 2.26. The standard InChI is InChI=1S/C16H28N2O4/c1-15(2,3)18(14(21)22-16(4,5)6)12-10-8-7-9-11(12)17-13(19)20/h7-8,11-12,17H,9-10H2,1-6H3,(H,19,20)/t11-,12-/m1/s1. The molecule has 6 heteroatoms. The number of nitrogens with zero attached hydrogens (tertiary/aromatic N) is 1. The molecule has 1 aliphatic rings. The molecule has 1 rings (SSSR count). The molecular weight excluding hydrogens is 284 g/mol. The third-order valence-corrected chi connectivity index (χ3v) is 3.35. The lowest BCUT2D eigenvalue weighted by atomic mass is 9.91. The molecule has 0 aromatic heterocycles. The summed E-state index contributed by atoms with van der Waals surface area (Å²) < 4.78 is 5.52. The molecule has 126 valence electrons. The van der Waals surface area contributed by atoms with Crippen molar-refractivity contribution in [1.82, 2.24) is 10.2 Å². The van der Waals surface area contributed by atoms with Gasteiger partial charge in [0, 0.05) is 5.54 Å². The van der Waals surface area contributed by atoms with E-state index < -0.39 is 23.3 Å². The van der Waals surface area contributed by atoms with Gasteiger partial charge in [-0.05, 0) is 54.4 Å². The molecule has 1 aliphatic carbocycles. The molecule has 0 aromatic carbocycles. The van der Waals surface area contributed by atoms with Gasteiger partial charge >= 0.3 is 12.2 Å². The van der Waals surface area contributed by atoms with Gasteiger partial charge in [0.05, 0.1) is 12.1 Å². The molecule has 0 saturated heterocycles. The monoisotopic (exact) mass is 312 g/mol. The SMILES string of the molecule is CC(C)(C)OC(=O)N([C@@H]1CC=CC[C@H]1NC(=O)O)C(C)(C)C. The van der Waals surface area contributed by atoms with Crippen molar-refractivity contribution in [3.05, 3.63) is 12.2 Å². The van der Waals surface area contributed by atoms with E-state index in [0.717, 1.165) is 0 Å². The van der Waals surface area contributed by atoms with Gasteiger partial charge in [0.1, 0.15) is 5.60 Å². The molecule has 2 amide bonds. The molecule has 0 aromatic rings. The quantitative estimate of drug-likeness (QED) is 0.766. The maximum atomic E-state index is 12.6. The minimum atomic E-state index is -1.08. The van der Waals surface area contributed by atoms with Crippen LogP contribution in [0.4, 0.5) is 9.59 Å². The van der Waals surface area contributed by atoms with Crippen LogP contribution in [0.1, 0.15) is 54.4 Å². The number of amides is 2. The second-order valence-electron chi connectivity index (χ2n) is 7.59. The van der Waals surface area contributed by atoms with Crippen LogP contribution >= 0.6 is 0 Å². The first-order valence-corrected chi connectivity index (χ1v) is 7.58. The zero-order valence-corrected chi connectivity index (χ0v) is 14.3. The fourth-order valence-corrected chi connectivity index (χ4v) is 2.62. The summed E-state index contributed by atoms with van der Waals surface area (Å²) >= 11 is 0. The second-order valence-corrected chi connectivity index (χ2v) is 7.59. The van der Waals surface area contributed by atoms with E-state index in [4.69, 9.17) is 9.84 Å². The fourth-order valence-electron chi connectivity index (χ4n) is 2.62. The summed E-state index contributed by atoms with van der Waals surface area (Å²) in [5, 5.41) is 11.5. The third kappa shape index (κ3) is 5.24. The van der Waals surface area contributed by atoms with Crippen LogP contribution in [0.5, 0.6) is 0 Å². The van der Waals surface area contributed by atoms with Crippen LogP contribution in [0.3, 0.4) is 0 Å². The van der Waals surface area contributed by atoms with E-state index in [9.17, 15) is 9.59 Å². The maximum absolute atomic E-state index is 12.6. The smallest absolute Gasteiger partial charge is 0.411 e. The third-order valence-electron chi connectivity index (χ3n) is 3.35. The van der Waals surface area contributed by atoms with Gasteiger partial charge in [0.2, 0.25) is 0 Å². The van der Waals surface area contributed by atoms with E-state index in [0.29, 0.717) is 12.8 Å². The highest BCUT2D eigenvalue weighted by molar-refractivity contribution is 5.70. The molecule has 0 heterocycles. The molecule has 0 bridgehead atoms. The van der Waals surface area contributed by atoms with Gasteiger partial charge in [0.15, 0.2) is 0 Å². The van der Waals surface area contributed by atoms with E-state index >= 15 is 0 Å². The van der Waals surface area contributed by atoms with Crippen LogP contribution in [0.15, 0.2) is 12.2 Å². The van der Waals surface area contributed by atoms with E-state index in [1.165, 1.54) is 0 Å². The summed E-state index contributed by atoms with van der Waals surface area (Å²) in [6, 6.07) is -0.606. The van der Waals surface area contributed by atoms with Crippen LogP contribution in [0.25, 0.3) is 0 Å². The minimum Gasteiger partial charge on any atom is -0.465 e. The van der Waals surface area contributed by atoms with Crippen LogP contribution in [-0.2, 0) is 4.74 Å². The Bertz CT molecular complexity index is 446. The Kier molecular flexibility index (Phi) is 5.49. The molecule has 0 spiro atoms. The van der Waals surface area contributed by atoms with Gasteiger partial charge in [0.25, 0.3) is 0 Å². The van der Waals surface area contributed by atoms with Crippen LogP contribution in [-0.4, -0.2) is 45.4 Å². The molecule has 0 aliphatic heterocycles. The van der Waals surface area contributed by atoms with E-state index in [2.05, 4.69) is 5.32 Å². The maximum Gasteiger partial charge on any atom is 0.411 e. The van der Waals surface area contributed by atoms with Gasteiger partial charge < -0.3 is 15.2 Å². The summed E-state index contributed by atoms with van der Waals surface area (Å²) in [5.41, 5.74) is -1.07. The summed E-state index contributed by atoms with van der Waals surface area (Å²) in [5.74, 6) is 0. The zero-order valence-electron chi connectivity index (χ0n) is 14.3. The van der Waals surface area contributed by atoms with Crippen LogP contribution < -0.4 is 5.32 Å². The number of carbonyl (C=O) groups excluding carboxylic acids is 1. The normalized spacial score (nSPS) is 22.1. The van der Waals surface area contributed by atoms with Crippen molar-refractivity contribution < 1.29 is 19.4 Å². The van der Waals surface area contributed by atoms with Crippen molar-refractivity contribution in [2.45, 2.75) is 77.6 Å². The average molecular weight is 312 g/mol. The van der Waals surface area contributed by atoms with Crippen molar-refractivity contribution in [3.8, 4) is 0 Å². The van der Waals surface area contributed by atoms with Gasteiger partial charge in [-0.3, -0.25) is 4.90 Å². The van der Waals surface area contributed by atoms with Gasteiger partial charge in [-0.2, -0.15) is 0 Å². The lowest BCUT2D eigenvalue weighted by Crippen LogP contribution is -2.60. The number of rotatable bonds is 2. The Labute approximate surface area is 132 Å². The summed E-state index contributed by atoms with van der Waals surface area (Å²) in [4.78, 5) is 25.3. The number of hydrogen-bond acceptors (Lipinski definition) is 3. The lowest BCUT2D eigenvalue weighted by Gasteiger charge is -2.45. The fraction of sp³-hybridized carbons (Fsp3) is 0.750. The summed E-state index contributed by atoms with van der Waals surface area (Å²) in [7, 11) is 0. The van der Waals surface area contributed by atoms with Gasteiger partial charge in [-0.1, -0.05) is 12.2 Å². The van der Waals surface area contributed by atoms with Crippen molar-refractivity contribution in [3.63, 3.8) is 0 Å². The highest BCUT2D eigenvalue weighted by Gasteiger charge is 2.40. The number of nitrogens with one attached hydrogen (secondary N) is 1. The number of carboxylic acid groups (broad SMARTS) is 1. The largest absolute Gasteiger partial charge is 0.465 e. The van der Waals surface area contributed by atoms with Crippen molar-refractivity contribution in [1.29, 1.82) is 0 Å². The minimum absolute atomic E-state index is 0.268. The molecule has 0 unspecified atom stereocenters. The van der Waals surface area contributed by atoms with Gasteiger partial charge in [-0.25, -0.2) is 9.59 Å². The Balaban J connectivity index is 3.06. The zero-order chi connectivity index (χ0) is 17.1. The Morgan fingerprint density at radius 2 is 1.68 bits per heavy atom. The second kappa shape index (κ2) is 6.58. The number of carbonyl (C=O) groups is 2. The van der Waals surface area contributed by atoms with Crippen molar-refractivity contribution >= 4 is 12.2 Å². The summed E-state index contributed by atoms with van der Waals surface area (Å²) in [6.45, 7) is 11.2. The molecule has 0 saturated carbocycles. The van der Waals surface area contributed by atoms with E-state index in [-0.39, 0.29) is 12.1 Å². The first kappa shape index (κ1) is 18.3. The Morgan fingerprint density at radius 3 is 2.14 bits per heavy atom. The Hall–Kier alpha value is -1.72. The molecule has 6 nitrogen and oxygen atoms in total. The van der Waals surface area contributed by atoms with E-state index in [1.807, 2.05) is 53.7 Å². The molecule has 0 radical (unpaired) electrons. The Morgan fingerprint density at radius 1 is 1.14 bits per heavy atom. The van der Waals surface area contributed by atoms with Crippen molar-refractivity contribution in [2.24, 2.45) is 0 Å². The number of ether oxygens (including phenoxy) is 1. The molecule has 2 N–H and O–H groups in total. The van der Waals surface area contributed by atoms with Gasteiger partial charge in [-0.15, -0.1) is 0 Å². The molecule has 2 atom stereocenters. The summed E-state index contributed by atoms with van der Waals surface area (Å²) in [6.07, 6.45) is 3.58. The van der Waals surface area contributed by atoms with Crippen molar-refractivity contribution in [2.75, 3.05) is 0 Å². The van der Waals surface area contributed by atoms with E-state index in [1.54, 1.807) is 4.90 Å². The van der Waals surface area contributed by atoms with Crippen LogP contribution in [0, 0.1) is 0 Å². The highest BCUT2D eigenvalue weighted by atomic mass is 16.6. The lowest BCUT2D eigenvalue weighted by molar-refractivity contribution is -0.0134. The topological polar surface area (TPSA) is 78.9 Å². The molecular formula is C16H28N2O4. The molecule has 22 heavy (non-hydrogen) atoms. The predicted octanol–water partition coefficient (Wildman–Crippen LogP) is 3.38. The first-order chi connectivity index (χ1) is 9.92.